The van der Waals surface area contributed by atoms with Crippen LogP contribution in [0.1, 0.15) is 12.0 Å². The molecule has 37 heavy (non-hydrogen) atoms. The summed E-state index contributed by atoms with van der Waals surface area (Å²) in [4.78, 5) is 36.4. The first-order valence-corrected chi connectivity index (χ1v) is 15.5. The highest BCUT2D eigenvalue weighted by Gasteiger charge is 2.37. The minimum absolute atomic E-state index is 0.0243. The number of rotatable bonds is 8. The van der Waals surface area contributed by atoms with Crippen molar-refractivity contribution in [2.45, 2.75) is 45.1 Å². The largest absolute Gasteiger partial charge is 0.479 e. The molecule has 0 aliphatic carbocycles. The Morgan fingerprint density at radius 1 is 1.19 bits per heavy atom. The van der Waals surface area contributed by atoms with E-state index in [4.69, 9.17) is 24.7 Å². The van der Waals surface area contributed by atoms with E-state index < -0.39 is 25.9 Å². The number of ketones is 1. The van der Waals surface area contributed by atoms with Crippen LogP contribution >= 0.6 is 0 Å². The number of nitrogens with two attached hydrogens (primary N) is 1. The number of hydrogen-bond acceptors (Lipinski definition) is 10. The van der Waals surface area contributed by atoms with Crippen LogP contribution in [0.25, 0.3) is 0 Å². The molecule has 4 rings (SSSR count). The maximum absolute atomic E-state index is 13.1. The third-order valence-corrected chi connectivity index (χ3v) is 8.27. The lowest BCUT2D eigenvalue weighted by Crippen LogP contribution is -2.37. The SMILES string of the molecule is COc1nc(N2CCC(N)C2)nc(OC)c1NC(=O)C1OC(Oc2cc([Si](C)(C)C)ccc2C)=CC1=O. The number of nitrogens with one attached hydrogen (secondary N) is 1. The molecule has 2 aromatic rings. The number of hydrogen-bond donors (Lipinski definition) is 2. The van der Waals surface area contributed by atoms with Gasteiger partial charge in [0.05, 0.1) is 28.4 Å². The number of amides is 1. The van der Waals surface area contributed by atoms with E-state index in [2.05, 4.69) is 41.0 Å². The fraction of sp³-hybridized carbons (Fsp3) is 0.440. The summed E-state index contributed by atoms with van der Waals surface area (Å²) >= 11 is 0. The lowest BCUT2D eigenvalue weighted by atomic mass is 10.2. The molecule has 3 N–H and O–H groups in total. The van der Waals surface area contributed by atoms with Gasteiger partial charge < -0.3 is 34.9 Å². The molecule has 0 spiro atoms. The van der Waals surface area contributed by atoms with Crippen molar-refractivity contribution in [2.75, 3.05) is 37.5 Å². The molecule has 198 valence electrons. The van der Waals surface area contributed by atoms with Crippen molar-refractivity contribution in [2.24, 2.45) is 5.73 Å². The van der Waals surface area contributed by atoms with Crippen molar-refractivity contribution in [3.63, 3.8) is 0 Å². The van der Waals surface area contributed by atoms with E-state index in [0.717, 1.165) is 12.0 Å². The van der Waals surface area contributed by atoms with Crippen LogP contribution in [0, 0.1) is 6.92 Å². The zero-order valence-corrected chi connectivity index (χ0v) is 23.0. The Bertz CT molecular complexity index is 1220. The average Bonchev–Trinajstić information content (AvgIpc) is 3.44. The van der Waals surface area contributed by atoms with E-state index in [1.54, 1.807) is 0 Å². The van der Waals surface area contributed by atoms with Crippen LogP contribution in [0.3, 0.4) is 0 Å². The summed E-state index contributed by atoms with van der Waals surface area (Å²) in [5.41, 5.74) is 6.98. The highest BCUT2D eigenvalue weighted by Crippen LogP contribution is 2.35. The fourth-order valence-electron chi connectivity index (χ4n) is 4.03. The highest BCUT2D eigenvalue weighted by atomic mass is 28.3. The van der Waals surface area contributed by atoms with E-state index in [9.17, 15) is 9.59 Å². The Morgan fingerprint density at radius 2 is 1.86 bits per heavy atom. The molecular formula is C25H33N5O6Si. The first kappa shape index (κ1) is 26.4. The van der Waals surface area contributed by atoms with Crippen molar-refractivity contribution >= 4 is 36.6 Å². The molecular weight excluding hydrogens is 494 g/mol. The quantitative estimate of drug-likeness (QED) is 0.385. The van der Waals surface area contributed by atoms with Crippen LogP contribution in [0.4, 0.5) is 11.6 Å². The van der Waals surface area contributed by atoms with E-state index in [1.165, 1.54) is 25.5 Å². The van der Waals surface area contributed by atoms with Gasteiger partial charge in [-0.3, -0.25) is 9.59 Å². The van der Waals surface area contributed by atoms with Gasteiger partial charge in [0.2, 0.25) is 29.6 Å². The van der Waals surface area contributed by atoms with E-state index in [0.29, 0.717) is 24.8 Å². The van der Waals surface area contributed by atoms with Gasteiger partial charge in [-0.1, -0.05) is 37.0 Å². The lowest BCUT2D eigenvalue weighted by Gasteiger charge is -2.20. The Morgan fingerprint density at radius 3 is 2.43 bits per heavy atom. The smallest absolute Gasteiger partial charge is 0.289 e. The first-order valence-electron chi connectivity index (χ1n) is 12.0. The van der Waals surface area contributed by atoms with Crippen LogP contribution < -0.4 is 35.3 Å². The second-order valence-electron chi connectivity index (χ2n) is 10.1. The third-order valence-electron chi connectivity index (χ3n) is 6.23. The molecule has 1 aromatic heterocycles. The zero-order chi connectivity index (χ0) is 26.9. The third kappa shape index (κ3) is 5.70. The zero-order valence-electron chi connectivity index (χ0n) is 22.0. The second-order valence-corrected chi connectivity index (χ2v) is 15.2. The van der Waals surface area contributed by atoms with Crippen molar-refractivity contribution in [3.05, 3.63) is 35.8 Å². The molecule has 2 aliphatic rings. The summed E-state index contributed by atoms with van der Waals surface area (Å²) in [6, 6.07) is 6.05. The van der Waals surface area contributed by atoms with Gasteiger partial charge in [-0.15, -0.1) is 0 Å². The van der Waals surface area contributed by atoms with Crippen molar-refractivity contribution in [1.82, 2.24) is 9.97 Å². The molecule has 1 aromatic carbocycles. The normalized spacial score (nSPS) is 19.4. The molecule has 1 saturated heterocycles. The summed E-state index contributed by atoms with van der Waals surface area (Å²) in [5.74, 6) is -0.197. The van der Waals surface area contributed by atoms with Gasteiger partial charge in [0.15, 0.2) is 5.69 Å². The van der Waals surface area contributed by atoms with Gasteiger partial charge >= 0.3 is 0 Å². The molecule has 2 atom stereocenters. The van der Waals surface area contributed by atoms with E-state index in [-0.39, 0.29) is 29.4 Å². The van der Waals surface area contributed by atoms with Crippen LogP contribution in [-0.4, -0.2) is 69.2 Å². The van der Waals surface area contributed by atoms with Gasteiger partial charge in [-0.25, -0.2) is 0 Å². The first-order chi connectivity index (χ1) is 17.5. The van der Waals surface area contributed by atoms with Crippen LogP contribution in [0.15, 0.2) is 30.2 Å². The summed E-state index contributed by atoms with van der Waals surface area (Å²) < 4.78 is 22.3. The molecule has 1 amide bonds. The van der Waals surface area contributed by atoms with Gasteiger partial charge in [0.1, 0.15) is 5.75 Å². The summed E-state index contributed by atoms with van der Waals surface area (Å²) in [6.45, 7) is 9.89. The predicted octanol–water partition coefficient (Wildman–Crippen LogP) is 1.71. The number of benzene rings is 1. The predicted molar refractivity (Wildman–Crippen MR) is 141 cm³/mol. The minimum Gasteiger partial charge on any atom is -0.479 e. The standard InChI is InChI=1S/C25H33N5O6Si/c1-14-7-8-16(37(4,5)6)11-18(14)35-19-12-17(31)21(36-19)22(32)27-20-23(33-2)28-25(29-24(20)34-3)30-10-9-15(26)13-30/h7-8,11-12,15,21H,9-10,13,26H2,1-6H3,(H,27,32). The van der Waals surface area contributed by atoms with Crippen LogP contribution in [-0.2, 0) is 14.3 Å². The van der Waals surface area contributed by atoms with E-state index >= 15 is 0 Å². The Kier molecular flexibility index (Phi) is 7.41. The maximum Gasteiger partial charge on any atom is 0.289 e. The topological polar surface area (TPSA) is 138 Å². The number of aryl methyl sites for hydroxylation is 1. The second kappa shape index (κ2) is 10.4. The number of nitrogens with zero attached hydrogens (tertiary/aromatic N) is 3. The Labute approximate surface area is 217 Å². The fourth-order valence-corrected chi connectivity index (χ4v) is 5.18. The van der Waals surface area contributed by atoms with Gasteiger partial charge in [0.25, 0.3) is 11.9 Å². The van der Waals surface area contributed by atoms with Crippen molar-refractivity contribution < 1.29 is 28.5 Å². The number of carbonyl (C=O) groups excluding carboxylic acids is 2. The number of carbonyl (C=O) groups is 2. The molecule has 2 aliphatic heterocycles. The number of ether oxygens (including phenoxy) is 4. The van der Waals surface area contributed by atoms with Crippen molar-refractivity contribution in [1.29, 1.82) is 0 Å². The average molecular weight is 528 g/mol. The molecule has 0 radical (unpaired) electrons. The Hall–Kier alpha value is -3.64. The summed E-state index contributed by atoms with van der Waals surface area (Å²) in [5, 5.41) is 3.82. The van der Waals surface area contributed by atoms with Crippen molar-refractivity contribution in [3.8, 4) is 17.5 Å². The maximum atomic E-state index is 13.1. The highest BCUT2D eigenvalue weighted by molar-refractivity contribution is 6.88. The monoisotopic (exact) mass is 527 g/mol. The van der Waals surface area contributed by atoms with Gasteiger partial charge in [-0.2, -0.15) is 9.97 Å². The molecule has 0 bridgehead atoms. The molecule has 3 heterocycles. The van der Waals surface area contributed by atoms with E-state index in [1.807, 2.05) is 24.0 Å². The number of methoxy groups -OCH3 is 2. The number of aromatic nitrogens is 2. The Balaban J connectivity index is 1.50. The molecule has 1 fully saturated rings. The molecule has 11 nitrogen and oxygen atoms in total. The molecule has 0 saturated carbocycles. The van der Waals surface area contributed by atoms with Gasteiger partial charge in [0, 0.05) is 19.1 Å². The summed E-state index contributed by atoms with van der Waals surface area (Å²) in [6.07, 6.45) is 0.545. The van der Waals surface area contributed by atoms with Crippen LogP contribution in [0.5, 0.6) is 17.5 Å². The van der Waals surface area contributed by atoms with Gasteiger partial charge in [-0.05, 0) is 25.0 Å². The lowest BCUT2D eigenvalue weighted by molar-refractivity contribution is -0.134. The van der Waals surface area contributed by atoms with Crippen LogP contribution in [0.2, 0.25) is 19.6 Å². The molecule has 2 unspecified atom stereocenters. The molecule has 12 heteroatoms. The minimum atomic E-state index is -1.58. The summed E-state index contributed by atoms with van der Waals surface area (Å²) in [7, 11) is 1.25. The number of anilines is 2.